The summed E-state index contributed by atoms with van der Waals surface area (Å²) < 4.78 is 36.0. The van der Waals surface area contributed by atoms with Crippen molar-refractivity contribution in [3.05, 3.63) is 86.3 Å². The van der Waals surface area contributed by atoms with Crippen molar-refractivity contribution in [3.8, 4) is 27.9 Å². The first-order valence-corrected chi connectivity index (χ1v) is 11.8. The average Bonchev–Trinajstić information content (AvgIpc) is 3.30. The van der Waals surface area contributed by atoms with Gasteiger partial charge in [-0.1, -0.05) is 23.7 Å². The molecule has 2 aromatic carbocycles. The van der Waals surface area contributed by atoms with Gasteiger partial charge >= 0.3 is 5.69 Å². The van der Waals surface area contributed by atoms with Gasteiger partial charge in [-0.3, -0.25) is 14.3 Å². The van der Waals surface area contributed by atoms with E-state index < -0.39 is 22.9 Å². The van der Waals surface area contributed by atoms with E-state index in [-0.39, 0.29) is 39.5 Å². The summed E-state index contributed by atoms with van der Waals surface area (Å²) in [4.78, 5) is 31.8. The Kier molecular flexibility index (Phi) is 6.04. The van der Waals surface area contributed by atoms with Gasteiger partial charge < -0.3 is 4.74 Å². The maximum absolute atomic E-state index is 14.4. The molecule has 36 heavy (non-hydrogen) atoms. The number of benzene rings is 2. The summed E-state index contributed by atoms with van der Waals surface area (Å²) in [5.41, 5.74) is -0.506. The molecule has 180 valence electrons. The summed E-state index contributed by atoms with van der Waals surface area (Å²) in [6.07, 6.45) is 2.65. The minimum atomic E-state index is -0.701. The number of fused-ring (bicyclic) bond motifs is 2. The third-order valence-electron chi connectivity index (χ3n) is 5.75. The van der Waals surface area contributed by atoms with Crippen LogP contribution in [0, 0.1) is 23.0 Å². The van der Waals surface area contributed by atoms with Crippen molar-refractivity contribution in [2.75, 3.05) is 7.11 Å². The second-order valence-electron chi connectivity index (χ2n) is 7.77. The summed E-state index contributed by atoms with van der Waals surface area (Å²) in [5.74, 6) is -1.22. The molecule has 3 heterocycles. The van der Waals surface area contributed by atoms with E-state index in [1.165, 1.54) is 42.3 Å². The zero-order valence-corrected chi connectivity index (χ0v) is 20.2. The van der Waals surface area contributed by atoms with Gasteiger partial charge in [0.1, 0.15) is 10.5 Å². The van der Waals surface area contributed by atoms with Crippen molar-refractivity contribution in [2.24, 2.45) is 0 Å². The molecule has 5 rings (SSSR count). The molecule has 3 aromatic heterocycles. The highest BCUT2D eigenvalue weighted by Crippen LogP contribution is 2.39. The highest BCUT2D eigenvalue weighted by atomic mass is 35.5. The van der Waals surface area contributed by atoms with Crippen LogP contribution in [0.25, 0.3) is 37.1 Å². The molecule has 0 saturated heterocycles. The number of thiophene rings is 1. The summed E-state index contributed by atoms with van der Waals surface area (Å²) in [5, 5.41) is 9.74. The summed E-state index contributed by atoms with van der Waals surface area (Å²) in [6, 6.07) is 10.5. The average molecular weight is 525 g/mol. The molecule has 5 aromatic rings. The standard InChI is InChI=1S/C25H15ClF2N4O3S/c1-35-21-8-14(16(26)9-18(21)28)22-10-19-23(36-22)24(33)32(25(34)31(19)7-3-6-29)20-12-30-11-15-13(20)4-2-5-17(15)27/h2,4-5,8-12H,3,7H2,1H3. The van der Waals surface area contributed by atoms with Crippen LogP contribution >= 0.6 is 22.9 Å². The Morgan fingerprint density at radius 2 is 1.94 bits per heavy atom. The fourth-order valence-electron chi connectivity index (χ4n) is 4.07. The van der Waals surface area contributed by atoms with Crippen LogP contribution in [0.15, 0.2) is 58.4 Å². The van der Waals surface area contributed by atoms with Crippen molar-refractivity contribution in [3.63, 3.8) is 0 Å². The van der Waals surface area contributed by atoms with Gasteiger partial charge in [0, 0.05) is 34.0 Å². The molecule has 0 aliphatic carbocycles. The molecule has 11 heteroatoms. The molecule has 0 saturated carbocycles. The lowest BCUT2D eigenvalue weighted by molar-refractivity contribution is 0.387. The first-order chi connectivity index (χ1) is 17.3. The van der Waals surface area contributed by atoms with Crippen LogP contribution in [0.2, 0.25) is 5.02 Å². The van der Waals surface area contributed by atoms with E-state index in [0.717, 1.165) is 22.0 Å². The lowest BCUT2D eigenvalue weighted by Crippen LogP contribution is -2.38. The predicted molar refractivity (Wildman–Crippen MR) is 134 cm³/mol. The quantitative estimate of drug-likeness (QED) is 0.312. The maximum atomic E-state index is 14.4. The highest BCUT2D eigenvalue weighted by molar-refractivity contribution is 7.22. The highest BCUT2D eigenvalue weighted by Gasteiger charge is 2.21. The van der Waals surface area contributed by atoms with Crippen LogP contribution in [0.4, 0.5) is 8.78 Å². The number of halogens is 3. The minimum absolute atomic E-state index is 0.00589. The number of methoxy groups -OCH3 is 1. The lowest BCUT2D eigenvalue weighted by Gasteiger charge is -2.12. The first kappa shape index (κ1) is 23.7. The van der Waals surface area contributed by atoms with Gasteiger partial charge in [-0.2, -0.15) is 5.26 Å². The molecule has 7 nitrogen and oxygen atoms in total. The van der Waals surface area contributed by atoms with Gasteiger partial charge in [-0.05, 0) is 24.3 Å². The Bertz CT molecular complexity index is 1840. The number of nitrogens with zero attached hydrogens (tertiary/aromatic N) is 4. The lowest BCUT2D eigenvalue weighted by atomic mass is 10.1. The van der Waals surface area contributed by atoms with Crippen LogP contribution in [0.3, 0.4) is 0 Å². The van der Waals surface area contributed by atoms with Crippen LogP contribution in [0.5, 0.6) is 5.75 Å². The zero-order chi connectivity index (χ0) is 25.6. The van der Waals surface area contributed by atoms with Gasteiger partial charge in [0.2, 0.25) is 0 Å². The molecule has 0 radical (unpaired) electrons. The van der Waals surface area contributed by atoms with Crippen molar-refractivity contribution in [2.45, 2.75) is 13.0 Å². The zero-order valence-electron chi connectivity index (χ0n) is 18.6. The van der Waals surface area contributed by atoms with Gasteiger partial charge in [-0.15, -0.1) is 11.3 Å². The number of hydrogen-bond acceptors (Lipinski definition) is 6. The fourth-order valence-corrected chi connectivity index (χ4v) is 5.50. The van der Waals surface area contributed by atoms with Gasteiger partial charge in [0.05, 0.1) is 42.0 Å². The van der Waals surface area contributed by atoms with E-state index >= 15 is 0 Å². The number of aryl methyl sites for hydroxylation is 1. The van der Waals surface area contributed by atoms with E-state index in [9.17, 15) is 18.4 Å². The van der Waals surface area contributed by atoms with Crippen molar-refractivity contribution in [1.82, 2.24) is 14.1 Å². The molecule has 0 aliphatic rings. The second-order valence-corrected chi connectivity index (χ2v) is 9.23. The maximum Gasteiger partial charge on any atom is 0.336 e. The van der Waals surface area contributed by atoms with E-state index in [0.29, 0.717) is 21.3 Å². The van der Waals surface area contributed by atoms with Gasteiger partial charge in [0.15, 0.2) is 11.6 Å². The summed E-state index contributed by atoms with van der Waals surface area (Å²) in [6.45, 7) is 0.00924. The number of pyridine rings is 1. The molecular formula is C25H15ClF2N4O3S. The summed E-state index contributed by atoms with van der Waals surface area (Å²) >= 11 is 7.35. The molecule has 0 fully saturated rings. The molecule has 0 atom stereocenters. The Labute approximate surface area is 211 Å². The molecule has 0 aliphatic heterocycles. The van der Waals surface area contributed by atoms with Gasteiger partial charge in [0.25, 0.3) is 5.56 Å². The molecule has 0 spiro atoms. The summed E-state index contributed by atoms with van der Waals surface area (Å²) in [7, 11) is 1.32. The number of rotatable bonds is 5. The number of nitriles is 1. The number of aromatic nitrogens is 3. The molecule has 0 unspecified atom stereocenters. The van der Waals surface area contributed by atoms with Crippen molar-refractivity contribution >= 4 is 43.9 Å². The normalized spacial score (nSPS) is 11.2. The fraction of sp³-hybridized carbons (Fsp3) is 0.120. The Hall–Kier alpha value is -4.07. The second kappa shape index (κ2) is 9.18. The monoisotopic (exact) mass is 524 g/mol. The van der Waals surface area contributed by atoms with Crippen molar-refractivity contribution in [1.29, 1.82) is 5.26 Å². The van der Waals surface area contributed by atoms with Gasteiger partial charge in [-0.25, -0.2) is 18.1 Å². The smallest absolute Gasteiger partial charge is 0.336 e. The van der Waals surface area contributed by atoms with E-state index in [1.807, 2.05) is 6.07 Å². The van der Waals surface area contributed by atoms with Crippen LogP contribution < -0.4 is 16.0 Å². The largest absolute Gasteiger partial charge is 0.494 e. The number of hydrogen-bond donors (Lipinski definition) is 0. The predicted octanol–water partition coefficient (Wildman–Crippen LogP) is 5.28. The van der Waals surface area contributed by atoms with E-state index in [4.69, 9.17) is 21.6 Å². The van der Waals surface area contributed by atoms with E-state index in [1.54, 1.807) is 12.1 Å². The van der Waals surface area contributed by atoms with Crippen LogP contribution in [-0.2, 0) is 6.54 Å². The molecule has 0 N–H and O–H groups in total. The Balaban J connectivity index is 1.85. The topological polar surface area (TPSA) is 89.9 Å². The molecule has 0 bridgehead atoms. The Morgan fingerprint density at radius 1 is 1.14 bits per heavy atom. The molecular weight excluding hydrogens is 510 g/mol. The van der Waals surface area contributed by atoms with Crippen LogP contribution in [-0.4, -0.2) is 21.2 Å². The van der Waals surface area contributed by atoms with Crippen LogP contribution in [0.1, 0.15) is 6.42 Å². The minimum Gasteiger partial charge on any atom is -0.494 e. The Morgan fingerprint density at radius 3 is 2.69 bits per heavy atom. The SMILES string of the molecule is COc1cc(-c2cc3c(s2)c(=O)n(-c2cncc4c(F)cccc24)c(=O)n3CCC#N)c(Cl)cc1F. The third kappa shape index (κ3) is 3.73. The third-order valence-corrected chi connectivity index (χ3v) is 7.21. The van der Waals surface area contributed by atoms with E-state index in [2.05, 4.69) is 4.98 Å². The van der Waals surface area contributed by atoms with Crippen molar-refractivity contribution < 1.29 is 13.5 Å². The molecule has 0 amide bonds. The number of ether oxygens (including phenoxy) is 1. The first-order valence-electron chi connectivity index (χ1n) is 10.6.